The van der Waals surface area contributed by atoms with Crippen molar-refractivity contribution in [2.45, 2.75) is 31.7 Å². The van der Waals surface area contributed by atoms with Crippen molar-refractivity contribution >= 4 is 5.91 Å². The van der Waals surface area contributed by atoms with E-state index in [4.69, 9.17) is 0 Å². The molecular weight excluding hydrogens is 243 g/mol. The Morgan fingerprint density at radius 1 is 1.42 bits per heavy atom. The Labute approximate surface area is 113 Å². The molecule has 1 aliphatic rings. The van der Waals surface area contributed by atoms with Crippen LogP contribution in [-0.2, 0) is 0 Å². The van der Waals surface area contributed by atoms with Gasteiger partial charge in [-0.15, -0.1) is 0 Å². The predicted molar refractivity (Wildman–Crippen MR) is 73.6 cm³/mol. The molecule has 1 fully saturated rings. The summed E-state index contributed by atoms with van der Waals surface area (Å²) >= 11 is 0. The van der Waals surface area contributed by atoms with Crippen molar-refractivity contribution < 1.29 is 9.18 Å². The Hall–Kier alpha value is -1.42. The first-order valence-corrected chi connectivity index (χ1v) is 6.92. The molecule has 1 atom stereocenters. The van der Waals surface area contributed by atoms with Gasteiger partial charge in [0.1, 0.15) is 5.82 Å². The minimum Gasteiger partial charge on any atom is -0.342 e. The Bertz CT molecular complexity index is 430. The summed E-state index contributed by atoms with van der Waals surface area (Å²) in [4.78, 5) is 13.7. The van der Waals surface area contributed by atoms with Crippen molar-refractivity contribution in [3.8, 4) is 0 Å². The van der Waals surface area contributed by atoms with Gasteiger partial charge in [-0.25, -0.2) is 4.39 Å². The molecule has 0 spiro atoms. The molecule has 2 rings (SSSR count). The van der Waals surface area contributed by atoms with Gasteiger partial charge in [-0.05, 0) is 37.9 Å². The third kappa shape index (κ3) is 3.77. The van der Waals surface area contributed by atoms with Crippen LogP contribution in [0.25, 0.3) is 0 Å². The van der Waals surface area contributed by atoms with Crippen LogP contribution < -0.4 is 5.32 Å². The zero-order valence-corrected chi connectivity index (χ0v) is 11.4. The van der Waals surface area contributed by atoms with E-state index in [9.17, 15) is 9.18 Å². The first kappa shape index (κ1) is 14.0. The highest BCUT2D eigenvalue weighted by molar-refractivity contribution is 5.94. The maximum atomic E-state index is 13.5. The molecule has 1 unspecified atom stereocenters. The SMILES string of the molecule is CN(CCC1CCCCN1)C(=O)c1ccccc1F. The number of piperidine rings is 1. The molecule has 1 N–H and O–H groups in total. The van der Waals surface area contributed by atoms with Gasteiger partial charge in [-0.1, -0.05) is 18.6 Å². The van der Waals surface area contributed by atoms with Gasteiger partial charge >= 0.3 is 0 Å². The number of carbonyl (C=O) groups excluding carboxylic acids is 1. The van der Waals surface area contributed by atoms with E-state index in [0.29, 0.717) is 12.6 Å². The van der Waals surface area contributed by atoms with Crippen LogP contribution in [-0.4, -0.2) is 37.0 Å². The minimum absolute atomic E-state index is 0.154. The molecule has 3 nitrogen and oxygen atoms in total. The van der Waals surface area contributed by atoms with Crippen molar-refractivity contribution in [1.29, 1.82) is 0 Å². The van der Waals surface area contributed by atoms with Crippen molar-refractivity contribution in [2.24, 2.45) is 0 Å². The van der Waals surface area contributed by atoms with E-state index in [1.54, 1.807) is 24.1 Å². The largest absolute Gasteiger partial charge is 0.342 e. The zero-order valence-electron chi connectivity index (χ0n) is 11.4. The Morgan fingerprint density at radius 3 is 2.89 bits per heavy atom. The smallest absolute Gasteiger partial charge is 0.256 e. The molecule has 4 heteroatoms. The molecule has 1 amide bonds. The van der Waals surface area contributed by atoms with Gasteiger partial charge in [0.25, 0.3) is 5.91 Å². The number of rotatable bonds is 4. The molecule has 0 aromatic heterocycles. The van der Waals surface area contributed by atoms with Crippen LogP contribution >= 0.6 is 0 Å². The summed E-state index contributed by atoms with van der Waals surface area (Å²) in [5, 5.41) is 3.45. The van der Waals surface area contributed by atoms with Gasteiger partial charge in [0, 0.05) is 19.6 Å². The van der Waals surface area contributed by atoms with Crippen LogP contribution in [0.1, 0.15) is 36.0 Å². The van der Waals surface area contributed by atoms with Gasteiger partial charge in [0.2, 0.25) is 0 Å². The first-order chi connectivity index (χ1) is 9.18. The molecule has 19 heavy (non-hydrogen) atoms. The predicted octanol–water partition coefficient (Wildman–Crippen LogP) is 2.43. The van der Waals surface area contributed by atoms with E-state index in [0.717, 1.165) is 13.0 Å². The lowest BCUT2D eigenvalue weighted by molar-refractivity contribution is 0.0783. The van der Waals surface area contributed by atoms with Crippen LogP contribution in [0.4, 0.5) is 4.39 Å². The molecule has 0 bridgehead atoms. The molecular formula is C15H21FN2O. The summed E-state index contributed by atoms with van der Waals surface area (Å²) in [6.45, 7) is 1.72. The number of amides is 1. The van der Waals surface area contributed by atoms with Crippen molar-refractivity contribution in [2.75, 3.05) is 20.1 Å². The van der Waals surface area contributed by atoms with E-state index in [-0.39, 0.29) is 11.5 Å². The number of hydrogen-bond donors (Lipinski definition) is 1. The van der Waals surface area contributed by atoms with Gasteiger partial charge < -0.3 is 10.2 Å². The van der Waals surface area contributed by atoms with Crippen molar-refractivity contribution in [3.05, 3.63) is 35.6 Å². The lowest BCUT2D eigenvalue weighted by Gasteiger charge is -2.26. The van der Waals surface area contributed by atoms with E-state index in [2.05, 4.69) is 5.32 Å². The Morgan fingerprint density at radius 2 is 2.21 bits per heavy atom. The summed E-state index contributed by atoms with van der Waals surface area (Å²) in [5.41, 5.74) is 0.154. The molecule has 1 aliphatic heterocycles. The molecule has 1 heterocycles. The summed E-state index contributed by atoms with van der Waals surface area (Å²) in [7, 11) is 1.73. The Balaban J connectivity index is 1.87. The second-order valence-corrected chi connectivity index (χ2v) is 5.14. The lowest BCUT2D eigenvalue weighted by atomic mass is 10.0. The highest BCUT2D eigenvalue weighted by Gasteiger charge is 2.18. The van der Waals surface area contributed by atoms with E-state index in [1.807, 2.05) is 0 Å². The zero-order chi connectivity index (χ0) is 13.7. The Kier molecular flexibility index (Phi) is 4.91. The van der Waals surface area contributed by atoms with Crippen LogP contribution in [0.5, 0.6) is 0 Å². The number of hydrogen-bond acceptors (Lipinski definition) is 2. The number of carbonyl (C=O) groups is 1. The average molecular weight is 264 g/mol. The van der Waals surface area contributed by atoms with Crippen molar-refractivity contribution in [3.63, 3.8) is 0 Å². The third-order valence-corrected chi connectivity index (χ3v) is 3.68. The highest BCUT2D eigenvalue weighted by Crippen LogP contribution is 2.13. The molecule has 1 aromatic rings. The van der Waals surface area contributed by atoms with Crippen molar-refractivity contribution in [1.82, 2.24) is 10.2 Å². The van der Waals surface area contributed by atoms with Crippen LogP contribution in [0.2, 0.25) is 0 Å². The van der Waals surface area contributed by atoms with E-state index >= 15 is 0 Å². The number of nitrogens with zero attached hydrogens (tertiary/aromatic N) is 1. The topological polar surface area (TPSA) is 32.3 Å². The molecule has 0 aliphatic carbocycles. The quantitative estimate of drug-likeness (QED) is 0.906. The van der Waals surface area contributed by atoms with Crippen LogP contribution in [0.15, 0.2) is 24.3 Å². The summed E-state index contributed by atoms with van der Waals surface area (Å²) in [6.07, 6.45) is 4.58. The normalized spacial score (nSPS) is 19.2. The second-order valence-electron chi connectivity index (χ2n) is 5.14. The fraction of sp³-hybridized carbons (Fsp3) is 0.533. The van der Waals surface area contributed by atoms with Crippen LogP contribution in [0.3, 0.4) is 0 Å². The van der Waals surface area contributed by atoms with E-state index < -0.39 is 5.82 Å². The van der Waals surface area contributed by atoms with Gasteiger partial charge in [0.05, 0.1) is 5.56 Å². The fourth-order valence-corrected chi connectivity index (χ4v) is 2.46. The molecule has 0 saturated carbocycles. The molecule has 104 valence electrons. The monoisotopic (exact) mass is 264 g/mol. The first-order valence-electron chi connectivity index (χ1n) is 6.92. The van der Waals surface area contributed by atoms with E-state index in [1.165, 1.54) is 31.4 Å². The number of nitrogens with one attached hydrogen (secondary N) is 1. The second kappa shape index (κ2) is 6.66. The fourth-order valence-electron chi connectivity index (χ4n) is 2.46. The maximum absolute atomic E-state index is 13.5. The summed E-state index contributed by atoms with van der Waals surface area (Å²) < 4.78 is 13.5. The number of halogens is 1. The standard InChI is InChI=1S/C15H21FN2O/c1-18(11-9-12-6-4-5-10-17-12)15(19)13-7-2-3-8-14(13)16/h2-3,7-8,12,17H,4-6,9-11H2,1H3. The third-order valence-electron chi connectivity index (χ3n) is 3.68. The molecule has 0 radical (unpaired) electrons. The lowest BCUT2D eigenvalue weighted by Crippen LogP contribution is -2.38. The van der Waals surface area contributed by atoms with Crippen LogP contribution in [0, 0.1) is 5.82 Å². The summed E-state index contributed by atoms with van der Waals surface area (Å²) in [6, 6.07) is 6.63. The van der Waals surface area contributed by atoms with Gasteiger partial charge in [0.15, 0.2) is 0 Å². The average Bonchev–Trinajstić information content (AvgIpc) is 2.45. The highest BCUT2D eigenvalue weighted by atomic mass is 19.1. The molecule has 1 saturated heterocycles. The maximum Gasteiger partial charge on any atom is 0.256 e. The minimum atomic E-state index is -0.449. The summed E-state index contributed by atoms with van der Waals surface area (Å²) in [5.74, 6) is -0.691. The number of benzene rings is 1. The molecule has 1 aromatic carbocycles. The van der Waals surface area contributed by atoms with Gasteiger partial charge in [-0.3, -0.25) is 4.79 Å². The van der Waals surface area contributed by atoms with Gasteiger partial charge in [-0.2, -0.15) is 0 Å².